The number of hydrogen-bond donors (Lipinski definition) is 0. The van der Waals surface area contributed by atoms with Gasteiger partial charge in [-0.05, 0) is 56.5 Å². The van der Waals surface area contributed by atoms with Gasteiger partial charge in [0.15, 0.2) is 0 Å². The van der Waals surface area contributed by atoms with Crippen molar-refractivity contribution in [3.8, 4) is 0 Å². The molecule has 0 aromatic carbocycles. The van der Waals surface area contributed by atoms with Crippen LogP contribution in [0, 0.1) is 12.3 Å². The Morgan fingerprint density at radius 2 is 2.12 bits per heavy atom. The fraction of sp³-hybridized carbons (Fsp3) is 0.500. The molecule has 0 saturated carbocycles. The van der Waals surface area contributed by atoms with E-state index in [1.54, 1.807) is 6.20 Å². The second-order valence-corrected chi connectivity index (χ2v) is 8.82. The molecule has 0 bridgehead atoms. The van der Waals surface area contributed by atoms with E-state index in [1.165, 1.54) is 9.75 Å². The number of pyridine rings is 1. The molecule has 2 saturated heterocycles. The number of carbonyl (C=O) groups excluding carboxylic acids is 1. The monoisotopic (exact) mass is 355 g/mol. The van der Waals surface area contributed by atoms with E-state index in [1.807, 2.05) is 28.5 Å². The largest absolute Gasteiger partial charge is 0.338 e. The highest BCUT2D eigenvalue weighted by Gasteiger charge is 2.48. The van der Waals surface area contributed by atoms with Crippen LogP contribution in [0.1, 0.15) is 34.6 Å². The number of amides is 1. The first-order valence-electron chi connectivity index (χ1n) is 9.11. The first-order valence-corrected chi connectivity index (χ1v) is 9.92. The lowest BCUT2D eigenvalue weighted by atomic mass is 9.78. The normalized spacial score (nSPS) is 24.4. The minimum Gasteiger partial charge on any atom is -0.338 e. The molecule has 4 heterocycles. The molecule has 1 atom stereocenters. The highest BCUT2D eigenvalue weighted by molar-refractivity contribution is 7.11. The Morgan fingerprint density at radius 3 is 2.88 bits per heavy atom. The van der Waals surface area contributed by atoms with Gasteiger partial charge in [-0.1, -0.05) is 6.07 Å². The molecule has 4 rings (SSSR count). The van der Waals surface area contributed by atoms with Crippen LogP contribution in [0.5, 0.6) is 0 Å². The van der Waals surface area contributed by atoms with Gasteiger partial charge < -0.3 is 4.90 Å². The number of carbonyl (C=O) groups is 1. The molecule has 2 fully saturated rings. The van der Waals surface area contributed by atoms with Crippen LogP contribution in [-0.4, -0.2) is 40.3 Å². The molecule has 4 nitrogen and oxygen atoms in total. The maximum absolute atomic E-state index is 13.2. The smallest absolute Gasteiger partial charge is 0.230 e. The molecule has 2 aliphatic rings. The van der Waals surface area contributed by atoms with Crippen molar-refractivity contribution in [2.45, 2.75) is 39.3 Å². The lowest BCUT2D eigenvalue weighted by Gasteiger charge is -2.39. The van der Waals surface area contributed by atoms with Crippen LogP contribution < -0.4 is 0 Å². The van der Waals surface area contributed by atoms with Crippen LogP contribution in [-0.2, 0) is 17.9 Å². The van der Waals surface area contributed by atoms with Gasteiger partial charge in [0.05, 0.1) is 5.41 Å². The summed E-state index contributed by atoms with van der Waals surface area (Å²) in [5.41, 5.74) is 0.960. The first-order chi connectivity index (χ1) is 12.1. The van der Waals surface area contributed by atoms with Crippen LogP contribution in [0.2, 0.25) is 0 Å². The van der Waals surface area contributed by atoms with E-state index < -0.39 is 0 Å². The van der Waals surface area contributed by atoms with E-state index in [0.29, 0.717) is 12.5 Å². The lowest BCUT2D eigenvalue weighted by molar-refractivity contribution is -0.139. The fourth-order valence-electron chi connectivity index (χ4n) is 4.29. The lowest BCUT2D eigenvalue weighted by Crippen LogP contribution is -2.47. The summed E-state index contributed by atoms with van der Waals surface area (Å²) in [6, 6.07) is 8.41. The van der Waals surface area contributed by atoms with E-state index in [0.717, 1.165) is 51.0 Å². The molecule has 25 heavy (non-hydrogen) atoms. The van der Waals surface area contributed by atoms with E-state index in [-0.39, 0.29) is 5.41 Å². The number of aromatic nitrogens is 1. The Hall–Kier alpha value is -1.72. The summed E-state index contributed by atoms with van der Waals surface area (Å²) in [6.45, 7) is 6.72. The standard InChI is InChI=1S/C20H25N3OS/c1-16-5-6-18(25-16)14-22-10-3-7-20(15-22)8-11-23(19(20)24)13-17-4-2-9-21-12-17/h2,4-6,9,12H,3,7-8,10-11,13-15H2,1H3/t20-/m0/s1. The van der Waals surface area contributed by atoms with Crippen molar-refractivity contribution in [3.05, 3.63) is 52.0 Å². The predicted octanol–water partition coefficient (Wildman–Crippen LogP) is 3.47. The quantitative estimate of drug-likeness (QED) is 0.843. The van der Waals surface area contributed by atoms with Gasteiger partial charge in [-0.15, -0.1) is 11.3 Å². The van der Waals surface area contributed by atoms with Crippen molar-refractivity contribution < 1.29 is 4.79 Å². The molecule has 1 spiro atoms. The van der Waals surface area contributed by atoms with Crippen molar-refractivity contribution in [3.63, 3.8) is 0 Å². The van der Waals surface area contributed by atoms with Gasteiger partial charge in [0.1, 0.15) is 0 Å². The summed E-state index contributed by atoms with van der Waals surface area (Å²) in [7, 11) is 0. The van der Waals surface area contributed by atoms with Gasteiger partial charge >= 0.3 is 0 Å². The minimum absolute atomic E-state index is 0.160. The maximum atomic E-state index is 13.2. The SMILES string of the molecule is Cc1ccc(CN2CCC[C@]3(CCN(Cc4cccnc4)C3=O)C2)s1. The summed E-state index contributed by atoms with van der Waals surface area (Å²) >= 11 is 1.87. The molecule has 132 valence electrons. The fourth-order valence-corrected chi connectivity index (χ4v) is 5.22. The highest BCUT2D eigenvalue weighted by Crippen LogP contribution is 2.41. The zero-order chi connectivity index (χ0) is 17.3. The van der Waals surface area contributed by atoms with Gasteiger partial charge in [0, 0.05) is 48.3 Å². The first kappa shape index (κ1) is 16.7. The molecular formula is C20H25N3OS. The number of thiophene rings is 1. The number of likely N-dealkylation sites (tertiary alicyclic amines) is 2. The predicted molar refractivity (Wildman–Crippen MR) is 100 cm³/mol. The number of rotatable bonds is 4. The zero-order valence-corrected chi connectivity index (χ0v) is 15.6. The van der Waals surface area contributed by atoms with Crippen LogP contribution in [0.25, 0.3) is 0 Å². The molecule has 2 aromatic heterocycles. The van der Waals surface area contributed by atoms with Crippen molar-refractivity contribution >= 4 is 17.2 Å². The molecule has 5 heteroatoms. The van der Waals surface area contributed by atoms with Gasteiger partial charge in [-0.25, -0.2) is 0 Å². The summed E-state index contributed by atoms with van der Waals surface area (Å²) in [4.78, 5) is 24.6. The third kappa shape index (κ3) is 3.48. The van der Waals surface area contributed by atoms with Crippen LogP contribution in [0.15, 0.2) is 36.7 Å². The maximum Gasteiger partial charge on any atom is 0.230 e. The summed E-state index contributed by atoms with van der Waals surface area (Å²) in [5.74, 6) is 0.350. The topological polar surface area (TPSA) is 36.4 Å². The van der Waals surface area contributed by atoms with Crippen molar-refractivity contribution in [1.82, 2.24) is 14.8 Å². The summed E-state index contributed by atoms with van der Waals surface area (Å²) < 4.78 is 0. The minimum atomic E-state index is -0.160. The number of aryl methyl sites for hydroxylation is 1. The number of piperidine rings is 1. The van der Waals surface area contributed by atoms with E-state index in [9.17, 15) is 4.79 Å². The second-order valence-electron chi connectivity index (χ2n) is 7.44. The number of hydrogen-bond acceptors (Lipinski definition) is 4. The Morgan fingerprint density at radius 1 is 1.20 bits per heavy atom. The average Bonchev–Trinajstić information content (AvgIpc) is 3.15. The van der Waals surface area contributed by atoms with Crippen molar-refractivity contribution in [2.24, 2.45) is 5.41 Å². The van der Waals surface area contributed by atoms with Crippen LogP contribution in [0.4, 0.5) is 0 Å². The van der Waals surface area contributed by atoms with Crippen molar-refractivity contribution in [2.75, 3.05) is 19.6 Å². The molecule has 0 radical (unpaired) electrons. The average molecular weight is 356 g/mol. The molecule has 0 unspecified atom stereocenters. The molecule has 0 N–H and O–H groups in total. The molecule has 2 aliphatic heterocycles. The van der Waals surface area contributed by atoms with E-state index >= 15 is 0 Å². The Balaban J connectivity index is 1.43. The zero-order valence-electron chi connectivity index (χ0n) is 14.8. The van der Waals surface area contributed by atoms with Crippen LogP contribution in [0.3, 0.4) is 0 Å². The number of nitrogens with zero attached hydrogens (tertiary/aromatic N) is 3. The van der Waals surface area contributed by atoms with Crippen LogP contribution >= 0.6 is 11.3 Å². The van der Waals surface area contributed by atoms with Gasteiger partial charge in [0.2, 0.25) is 5.91 Å². The molecule has 2 aromatic rings. The van der Waals surface area contributed by atoms with Gasteiger partial charge in [-0.3, -0.25) is 14.7 Å². The Labute approximate surface area is 153 Å². The molecule has 0 aliphatic carbocycles. The summed E-state index contributed by atoms with van der Waals surface area (Å²) in [6.07, 6.45) is 6.80. The Kier molecular flexibility index (Phi) is 4.61. The van der Waals surface area contributed by atoms with E-state index in [2.05, 4.69) is 35.0 Å². The van der Waals surface area contributed by atoms with Gasteiger partial charge in [0.25, 0.3) is 0 Å². The van der Waals surface area contributed by atoms with Crippen molar-refractivity contribution in [1.29, 1.82) is 0 Å². The summed E-state index contributed by atoms with van der Waals surface area (Å²) in [5, 5.41) is 0. The molecular weight excluding hydrogens is 330 g/mol. The van der Waals surface area contributed by atoms with Gasteiger partial charge in [-0.2, -0.15) is 0 Å². The van der Waals surface area contributed by atoms with E-state index in [4.69, 9.17) is 0 Å². The second kappa shape index (κ2) is 6.89. The Bertz CT molecular complexity index is 744. The third-order valence-corrected chi connectivity index (χ3v) is 6.51. The third-order valence-electron chi connectivity index (χ3n) is 5.53. The molecule has 1 amide bonds. The highest BCUT2D eigenvalue weighted by atomic mass is 32.1.